The number of urea groups is 1. The standard InChI is InChI=1S/C16H24N2O4S/c1-5-12-11(4)8-13(23-12)15(20)22-9-14(19)18-16(21)17-7-6-10(2)3/h8,10H,5-7,9H2,1-4H3,(H2,17,18,19,21). The van der Waals surface area contributed by atoms with Crippen LogP contribution in [0.25, 0.3) is 0 Å². The molecule has 0 saturated heterocycles. The SMILES string of the molecule is CCc1sc(C(=O)OCC(=O)NC(=O)NCCC(C)C)cc1C. The van der Waals surface area contributed by atoms with Crippen LogP contribution in [0.2, 0.25) is 0 Å². The van der Waals surface area contributed by atoms with Crippen LogP contribution in [0.3, 0.4) is 0 Å². The monoisotopic (exact) mass is 340 g/mol. The quantitative estimate of drug-likeness (QED) is 0.747. The van der Waals surface area contributed by atoms with Crippen LogP contribution in [0, 0.1) is 12.8 Å². The van der Waals surface area contributed by atoms with Gasteiger partial charge in [-0.1, -0.05) is 20.8 Å². The van der Waals surface area contributed by atoms with Crippen molar-refractivity contribution in [3.05, 3.63) is 21.4 Å². The maximum Gasteiger partial charge on any atom is 0.348 e. The first-order valence-electron chi connectivity index (χ1n) is 7.67. The number of thiophene rings is 1. The zero-order valence-corrected chi connectivity index (χ0v) is 14.8. The summed E-state index contributed by atoms with van der Waals surface area (Å²) in [7, 11) is 0. The summed E-state index contributed by atoms with van der Waals surface area (Å²) in [4.78, 5) is 36.5. The molecule has 0 unspecified atom stereocenters. The molecular formula is C16H24N2O4S. The van der Waals surface area contributed by atoms with Gasteiger partial charge in [-0.05, 0) is 37.3 Å². The highest BCUT2D eigenvalue weighted by Gasteiger charge is 2.15. The Hall–Kier alpha value is -1.89. The molecule has 0 saturated carbocycles. The molecule has 1 aromatic heterocycles. The van der Waals surface area contributed by atoms with Crippen molar-refractivity contribution in [2.75, 3.05) is 13.2 Å². The van der Waals surface area contributed by atoms with Gasteiger partial charge in [-0.15, -0.1) is 11.3 Å². The smallest absolute Gasteiger partial charge is 0.348 e. The topological polar surface area (TPSA) is 84.5 Å². The van der Waals surface area contributed by atoms with E-state index in [1.807, 2.05) is 27.7 Å². The van der Waals surface area contributed by atoms with Crippen molar-refractivity contribution in [3.8, 4) is 0 Å². The molecule has 0 fully saturated rings. The predicted octanol–water partition coefficient (Wildman–Crippen LogP) is 2.65. The minimum absolute atomic E-state index is 0.466. The molecule has 1 rings (SSSR count). The van der Waals surface area contributed by atoms with Crippen molar-refractivity contribution in [2.45, 2.75) is 40.5 Å². The van der Waals surface area contributed by atoms with E-state index in [1.54, 1.807) is 6.07 Å². The van der Waals surface area contributed by atoms with Crippen LogP contribution < -0.4 is 10.6 Å². The van der Waals surface area contributed by atoms with Gasteiger partial charge >= 0.3 is 12.0 Å². The van der Waals surface area contributed by atoms with Gasteiger partial charge in [-0.25, -0.2) is 9.59 Å². The Balaban J connectivity index is 2.34. The first-order valence-corrected chi connectivity index (χ1v) is 8.49. The van der Waals surface area contributed by atoms with Gasteiger partial charge in [-0.2, -0.15) is 0 Å². The van der Waals surface area contributed by atoms with Crippen molar-refractivity contribution in [1.29, 1.82) is 0 Å². The van der Waals surface area contributed by atoms with Crippen LogP contribution in [-0.4, -0.2) is 31.1 Å². The molecule has 3 amide bonds. The van der Waals surface area contributed by atoms with E-state index >= 15 is 0 Å². The fourth-order valence-corrected chi connectivity index (χ4v) is 2.86. The average molecular weight is 340 g/mol. The molecule has 0 spiro atoms. The van der Waals surface area contributed by atoms with E-state index in [2.05, 4.69) is 10.6 Å². The third-order valence-corrected chi connectivity index (χ3v) is 4.50. The van der Waals surface area contributed by atoms with Gasteiger partial charge in [-0.3, -0.25) is 10.1 Å². The zero-order valence-electron chi connectivity index (χ0n) is 14.0. The van der Waals surface area contributed by atoms with E-state index < -0.39 is 24.5 Å². The van der Waals surface area contributed by atoms with E-state index in [4.69, 9.17) is 4.74 Å². The van der Waals surface area contributed by atoms with Gasteiger partial charge in [0.25, 0.3) is 5.91 Å². The second kappa shape index (κ2) is 9.29. The van der Waals surface area contributed by atoms with Crippen molar-refractivity contribution in [1.82, 2.24) is 10.6 Å². The lowest BCUT2D eigenvalue weighted by atomic mass is 10.1. The molecule has 128 valence electrons. The van der Waals surface area contributed by atoms with Gasteiger partial charge in [0.05, 0.1) is 0 Å². The lowest BCUT2D eigenvalue weighted by Crippen LogP contribution is -2.41. The largest absolute Gasteiger partial charge is 0.451 e. The number of ether oxygens (including phenoxy) is 1. The molecule has 0 radical (unpaired) electrons. The van der Waals surface area contributed by atoms with Crippen LogP contribution in [0.1, 0.15) is 47.3 Å². The summed E-state index contributed by atoms with van der Waals surface area (Å²) in [6.45, 7) is 8.04. The number of hydrogen-bond donors (Lipinski definition) is 2. The Bertz CT molecular complexity index is 566. The fraction of sp³-hybridized carbons (Fsp3) is 0.562. The third kappa shape index (κ3) is 6.81. The van der Waals surface area contributed by atoms with Crippen molar-refractivity contribution >= 4 is 29.2 Å². The Labute approximate surface area is 140 Å². The molecule has 6 nitrogen and oxygen atoms in total. The molecule has 0 bridgehead atoms. The summed E-state index contributed by atoms with van der Waals surface area (Å²) in [6, 6.07) is 1.18. The van der Waals surface area contributed by atoms with E-state index in [0.29, 0.717) is 17.3 Å². The van der Waals surface area contributed by atoms with Crippen LogP contribution >= 0.6 is 11.3 Å². The molecule has 2 N–H and O–H groups in total. The van der Waals surface area contributed by atoms with Gasteiger partial charge in [0.2, 0.25) is 0 Å². The number of amides is 3. The zero-order chi connectivity index (χ0) is 17.4. The Morgan fingerprint density at radius 2 is 2.00 bits per heavy atom. The minimum Gasteiger partial charge on any atom is -0.451 e. The summed E-state index contributed by atoms with van der Waals surface area (Å²) in [5, 5.41) is 4.70. The van der Waals surface area contributed by atoms with Crippen LogP contribution in [0.5, 0.6) is 0 Å². The first kappa shape index (κ1) is 19.2. The van der Waals surface area contributed by atoms with Crippen molar-refractivity contribution in [2.24, 2.45) is 5.92 Å². The average Bonchev–Trinajstić information content (AvgIpc) is 2.85. The molecule has 0 atom stereocenters. The number of rotatable bonds is 7. The second-order valence-corrected chi connectivity index (χ2v) is 6.77. The summed E-state index contributed by atoms with van der Waals surface area (Å²) >= 11 is 1.36. The number of imide groups is 1. The second-order valence-electron chi connectivity index (χ2n) is 5.63. The number of esters is 1. The molecule has 0 aliphatic rings. The van der Waals surface area contributed by atoms with Gasteiger partial charge in [0, 0.05) is 11.4 Å². The molecule has 23 heavy (non-hydrogen) atoms. The van der Waals surface area contributed by atoms with Crippen LogP contribution in [-0.2, 0) is 16.0 Å². The summed E-state index contributed by atoms with van der Waals surface area (Å²) in [5.41, 5.74) is 1.04. The number of carbonyl (C=O) groups excluding carboxylic acids is 3. The van der Waals surface area contributed by atoms with Crippen molar-refractivity contribution in [3.63, 3.8) is 0 Å². The molecular weight excluding hydrogens is 316 g/mol. The normalized spacial score (nSPS) is 10.5. The molecule has 0 aliphatic carbocycles. The van der Waals surface area contributed by atoms with Crippen LogP contribution in [0.15, 0.2) is 6.07 Å². The highest BCUT2D eigenvalue weighted by atomic mass is 32.1. The van der Waals surface area contributed by atoms with Gasteiger partial charge < -0.3 is 10.1 Å². The summed E-state index contributed by atoms with van der Waals surface area (Å²) in [5.74, 6) is -0.730. The fourth-order valence-electron chi connectivity index (χ4n) is 1.85. The molecule has 1 heterocycles. The van der Waals surface area contributed by atoms with E-state index in [-0.39, 0.29) is 0 Å². The Kier molecular flexibility index (Phi) is 7.74. The lowest BCUT2D eigenvalue weighted by molar-refractivity contribution is -0.123. The van der Waals surface area contributed by atoms with E-state index in [9.17, 15) is 14.4 Å². The maximum atomic E-state index is 11.9. The lowest BCUT2D eigenvalue weighted by Gasteiger charge is -2.08. The highest BCUT2D eigenvalue weighted by molar-refractivity contribution is 7.14. The van der Waals surface area contributed by atoms with Crippen molar-refractivity contribution < 1.29 is 19.1 Å². The maximum absolute atomic E-state index is 11.9. The third-order valence-electron chi connectivity index (χ3n) is 3.14. The molecule has 7 heteroatoms. The van der Waals surface area contributed by atoms with Gasteiger partial charge in [0.1, 0.15) is 4.88 Å². The Morgan fingerprint density at radius 3 is 2.57 bits per heavy atom. The number of nitrogens with one attached hydrogen (secondary N) is 2. The highest BCUT2D eigenvalue weighted by Crippen LogP contribution is 2.22. The number of hydrogen-bond acceptors (Lipinski definition) is 5. The minimum atomic E-state index is -0.649. The summed E-state index contributed by atoms with van der Waals surface area (Å²) in [6.07, 6.45) is 1.68. The molecule has 0 aliphatic heterocycles. The van der Waals surface area contributed by atoms with Gasteiger partial charge in [0.15, 0.2) is 6.61 Å². The molecule has 1 aromatic rings. The van der Waals surface area contributed by atoms with Crippen LogP contribution in [0.4, 0.5) is 4.79 Å². The van der Waals surface area contributed by atoms with E-state index in [1.165, 1.54) is 11.3 Å². The number of carbonyl (C=O) groups is 3. The van der Waals surface area contributed by atoms with E-state index in [0.717, 1.165) is 23.3 Å². The predicted molar refractivity (Wildman–Crippen MR) is 89.7 cm³/mol. The molecule has 0 aromatic carbocycles. The first-order chi connectivity index (χ1) is 10.8. The summed E-state index contributed by atoms with van der Waals surface area (Å²) < 4.78 is 4.93. The Morgan fingerprint density at radius 1 is 1.30 bits per heavy atom. The number of aryl methyl sites for hydroxylation is 2.